The van der Waals surface area contributed by atoms with Gasteiger partial charge in [0.2, 0.25) is 0 Å². The van der Waals surface area contributed by atoms with Crippen molar-refractivity contribution < 1.29 is 8.81 Å². The molecule has 1 N–H and O–H groups in total. The van der Waals surface area contributed by atoms with Crippen molar-refractivity contribution in [2.75, 3.05) is 7.05 Å². The Kier molecular flexibility index (Phi) is 3.50. The molecule has 90 valence electrons. The van der Waals surface area contributed by atoms with Crippen LogP contribution >= 0.6 is 11.6 Å². The standard InChI is InChI=1S/C13H13ClFNO/c1-8(16-2)12-5-6-13(17-12)10-7-9(14)3-4-11(10)15/h3-8,16H,1-2H3. The molecule has 0 bridgehead atoms. The molecule has 0 saturated heterocycles. The van der Waals surface area contributed by atoms with Crippen molar-refractivity contribution in [3.05, 3.63) is 46.9 Å². The van der Waals surface area contributed by atoms with E-state index in [4.69, 9.17) is 16.0 Å². The van der Waals surface area contributed by atoms with E-state index in [1.165, 1.54) is 12.1 Å². The van der Waals surface area contributed by atoms with Gasteiger partial charge in [0.1, 0.15) is 17.3 Å². The van der Waals surface area contributed by atoms with E-state index in [0.29, 0.717) is 16.3 Å². The summed E-state index contributed by atoms with van der Waals surface area (Å²) in [6, 6.07) is 8.08. The molecular weight excluding hydrogens is 241 g/mol. The van der Waals surface area contributed by atoms with Crippen LogP contribution in [-0.2, 0) is 0 Å². The predicted octanol–water partition coefficient (Wildman–Crippen LogP) is 4.02. The lowest BCUT2D eigenvalue weighted by atomic mass is 10.1. The second-order valence-electron chi connectivity index (χ2n) is 3.84. The molecule has 2 aromatic rings. The number of hydrogen-bond acceptors (Lipinski definition) is 2. The Labute approximate surface area is 104 Å². The molecule has 4 heteroatoms. The fourth-order valence-electron chi connectivity index (χ4n) is 1.56. The van der Waals surface area contributed by atoms with Crippen LogP contribution in [0.4, 0.5) is 4.39 Å². The molecule has 2 nitrogen and oxygen atoms in total. The zero-order valence-electron chi connectivity index (χ0n) is 9.63. The number of halogens is 2. The zero-order valence-corrected chi connectivity index (χ0v) is 10.4. The maximum atomic E-state index is 13.6. The van der Waals surface area contributed by atoms with E-state index in [0.717, 1.165) is 5.76 Å². The fourth-order valence-corrected chi connectivity index (χ4v) is 1.73. The monoisotopic (exact) mass is 253 g/mol. The van der Waals surface area contributed by atoms with Crippen LogP contribution in [0.3, 0.4) is 0 Å². The van der Waals surface area contributed by atoms with Crippen molar-refractivity contribution in [3.8, 4) is 11.3 Å². The number of hydrogen-bond donors (Lipinski definition) is 1. The Morgan fingerprint density at radius 1 is 1.29 bits per heavy atom. The third-order valence-corrected chi connectivity index (χ3v) is 2.92. The summed E-state index contributed by atoms with van der Waals surface area (Å²) in [5, 5.41) is 3.55. The molecule has 0 aliphatic rings. The number of nitrogens with one attached hydrogen (secondary N) is 1. The van der Waals surface area contributed by atoms with E-state index in [9.17, 15) is 4.39 Å². The SMILES string of the molecule is CNC(C)c1ccc(-c2cc(Cl)ccc2F)o1. The lowest BCUT2D eigenvalue weighted by Crippen LogP contribution is -2.11. The summed E-state index contributed by atoms with van der Waals surface area (Å²) in [6.45, 7) is 1.97. The van der Waals surface area contributed by atoms with Crippen LogP contribution in [0.5, 0.6) is 0 Å². The highest BCUT2D eigenvalue weighted by molar-refractivity contribution is 6.30. The van der Waals surface area contributed by atoms with Crippen molar-refractivity contribution in [1.29, 1.82) is 0 Å². The van der Waals surface area contributed by atoms with Crippen LogP contribution in [0.1, 0.15) is 18.7 Å². The van der Waals surface area contributed by atoms with Crippen molar-refractivity contribution in [3.63, 3.8) is 0 Å². The first-order valence-corrected chi connectivity index (χ1v) is 5.72. The summed E-state index contributed by atoms with van der Waals surface area (Å²) < 4.78 is 19.2. The Bertz CT molecular complexity index is 524. The minimum Gasteiger partial charge on any atom is -0.459 e. The van der Waals surface area contributed by atoms with E-state index in [-0.39, 0.29) is 11.9 Å². The summed E-state index contributed by atoms with van der Waals surface area (Å²) in [7, 11) is 1.84. The van der Waals surface area contributed by atoms with E-state index in [1.54, 1.807) is 12.1 Å². The minimum absolute atomic E-state index is 0.0889. The number of furan rings is 1. The second-order valence-corrected chi connectivity index (χ2v) is 4.27. The molecule has 17 heavy (non-hydrogen) atoms. The van der Waals surface area contributed by atoms with Gasteiger partial charge in [-0.3, -0.25) is 0 Å². The van der Waals surface area contributed by atoms with Crippen LogP contribution in [0, 0.1) is 5.82 Å². The van der Waals surface area contributed by atoms with Crippen molar-refractivity contribution >= 4 is 11.6 Å². The maximum Gasteiger partial charge on any atom is 0.137 e. The van der Waals surface area contributed by atoms with Gasteiger partial charge >= 0.3 is 0 Å². The first-order chi connectivity index (χ1) is 8.11. The highest BCUT2D eigenvalue weighted by Gasteiger charge is 2.13. The van der Waals surface area contributed by atoms with Gasteiger partial charge in [0, 0.05) is 5.02 Å². The second kappa shape index (κ2) is 4.90. The molecule has 1 aromatic heterocycles. The van der Waals surface area contributed by atoms with Crippen molar-refractivity contribution in [2.24, 2.45) is 0 Å². The topological polar surface area (TPSA) is 25.2 Å². The molecule has 0 amide bonds. The molecule has 1 heterocycles. The van der Waals surface area contributed by atoms with E-state index < -0.39 is 0 Å². The van der Waals surface area contributed by atoms with Crippen LogP contribution in [-0.4, -0.2) is 7.05 Å². The Balaban J connectivity index is 2.40. The molecular formula is C13H13ClFNO. The van der Waals surface area contributed by atoms with Crippen molar-refractivity contribution in [1.82, 2.24) is 5.32 Å². The van der Waals surface area contributed by atoms with Crippen molar-refractivity contribution in [2.45, 2.75) is 13.0 Å². The van der Waals surface area contributed by atoms with E-state index in [2.05, 4.69) is 5.32 Å². The van der Waals surface area contributed by atoms with Gasteiger partial charge in [-0.2, -0.15) is 0 Å². The van der Waals surface area contributed by atoms with Gasteiger partial charge in [0.15, 0.2) is 0 Å². The van der Waals surface area contributed by atoms with Crippen LogP contribution < -0.4 is 5.32 Å². The van der Waals surface area contributed by atoms with Gasteiger partial charge < -0.3 is 9.73 Å². The molecule has 1 unspecified atom stereocenters. The molecule has 0 saturated carbocycles. The molecule has 0 spiro atoms. The van der Waals surface area contributed by atoms with Crippen LogP contribution in [0.2, 0.25) is 5.02 Å². The third-order valence-electron chi connectivity index (χ3n) is 2.68. The van der Waals surface area contributed by atoms with Crippen LogP contribution in [0.25, 0.3) is 11.3 Å². The molecule has 1 atom stereocenters. The lowest BCUT2D eigenvalue weighted by Gasteiger charge is -2.06. The molecule has 0 fully saturated rings. The Morgan fingerprint density at radius 3 is 2.76 bits per heavy atom. The smallest absolute Gasteiger partial charge is 0.137 e. The van der Waals surface area contributed by atoms with Crippen LogP contribution in [0.15, 0.2) is 34.7 Å². The van der Waals surface area contributed by atoms with Gasteiger partial charge in [0.25, 0.3) is 0 Å². The molecule has 0 radical (unpaired) electrons. The highest BCUT2D eigenvalue weighted by atomic mass is 35.5. The fraction of sp³-hybridized carbons (Fsp3) is 0.231. The molecule has 2 rings (SSSR count). The van der Waals surface area contributed by atoms with Gasteiger partial charge in [-0.15, -0.1) is 0 Å². The largest absolute Gasteiger partial charge is 0.459 e. The first kappa shape index (κ1) is 12.1. The van der Waals surface area contributed by atoms with E-state index >= 15 is 0 Å². The zero-order chi connectivity index (χ0) is 12.4. The summed E-state index contributed by atoms with van der Waals surface area (Å²) in [5.74, 6) is 0.913. The number of rotatable bonds is 3. The highest BCUT2D eigenvalue weighted by Crippen LogP contribution is 2.29. The number of benzene rings is 1. The minimum atomic E-state index is -0.340. The van der Waals surface area contributed by atoms with Gasteiger partial charge in [0.05, 0.1) is 11.6 Å². The maximum absolute atomic E-state index is 13.6. The average molecular weight is 254 g/mol. The molecule has 0 aliphatic carbocycles. The Morgan fingerprint density at radius 2 is 2.06 bits per heavy atom. The molecule has 0 aliphatic heterocycles. The molecule has 1 aromatic carbocycles. The summed E-state index contributed by atoms with van der Waals surface area (Å²) in [4.78, 5) is 0. The Hall–Kier alpha value is -1.32. The summed E-state index contributed by atoms with van der Waals surface area (Å²) >= 11 is 5.84. The summed E-state index contributed by atoms with van der Waals surface area (Å²) in [5.41, 5.74) is 0.382. The normalized spacial score (nSPS) is 12.7. The summed E-state index contributed by atoms with van der Waals surface area (Å²) in [6.07, 6.45) is 0. The average Bonchev–Trinajstić information content (AvgIpc) is 2.80. The lowest BCUT2D eigenvalue weighted by molar-refractivity contribution is 0.456. The van der Waals surface area contributed by atoms with Gasteiger partial charge in [-0.05, 0) is 44.3 Å². The first-order valence-electron chi connectivity index (χ1n) is 5.34. The van der Waals surface area contributed by atoms with E-state index in [1.807, 2.05) is 20.0 Å². The van der Waals surface area contributed by atoms with Gasteiger partial charge in [-0.25, -0.2) is 4.39 Å². The quantitative estimate of drug-likeness (QED) is 0.894. The predicted molar refractivity (Wildman–Crippen MR) is 66.6 cm³/mol. The third kappa shape index (κ3) is 2.51. The van der Waals surface area contributed by atoms with Gasteiger partial charge in [-0.1, -0.05) is 11.6 Å².